The third-order valence-electron chi connectivity index (χ3n) is 3.03. The topological polar surface area (TPSA) is 21.3 Å². The van der Waals surface area contributed by atoms with Crippen molar-refractivity contribution in [2.75, 3.05) is 6.54 Å². The molecule has 1 aliphatic carbocycles. The molecule has 2 rings (SSSR count). The summed E-state index contributed by atoms with van der Waals surface area (Å²) >= 11 is 0. The first kappa shape index (κ1) is 9.47. The lowest BCUT2D eigenvalue weighted by molar-refractivity contribution is 0.0499. The van der Waals surface area contributed by atoms with Crippen molar-refractivity contribution in [1.82, 2.24) is 5.32 Å². The van der Waals surface area contributed by atoms with Gasteiger partial charge < -0.3 is 10.1 Å². The second-order valence-electron chi connectivity index (χ2n) is 4.52. The van der Waals surface area contributed by atoms with Gasteiger partial charge in [-0.2, -0.15) is 0 Å². The summed E-state index contributed by atoms with van der Waals surface area (Å²) in [5.74, 6) is 0. The summed E-state index contributed by atoms with van der Waals surface area (Å²) in [4.78, 5) is 0. The first-order valence-corrected chi connectivity index (χ1v) is 5.73. The van der Waals surface area contributed by atoms with Crippen molar-refractivity contribution in [3.8, 4) is 0 Å². The maximum absolute atomic E-state index is 5.76. The van der Waals surface area contributed by atoms with E-state index in [0.29, 0.717) is 12.2 Å². The smallest absolute Gasteiger partial charge is 0.0580 e. The zero-order valence-corrected chi connectivity index (χ0v) is 8.59. The molecule has 0 bridgehead atoms. The molecule has 0 aromatic heterocycles. The van der Waals surface area contributed by atoms with Crippen molar-refractivity contribution in [2.24, 2.45) is 0 Å². The molecule has 2 unspecified atom stereocenters. The van der Waals surface area contributed by atoms with Crippen molar-refractivity contribution in [3.05, 3.63) is 0 Å². The molecular formula is C11H21NO. The molecule has 0 spiro atoms. The highest BCUT2D eigenvalue weighted by atomic mass is 16.5. The highest BCUT2D eigenvalue weighted by molar-refractivity contribution is 4.80. The minimum absolute atomic E-state index is 0.515. The summed E-state index contributed by atoms with van der Waals surface area (Å²) in [6.45, 7) is 3.38. The van der Waals surface area contributed by atoms with Gasteiger partial charge in [0.25, 0.3) is 0 Å². The number of hydrogen-bond acceptors (Lipinski definition) is 2. The molecule has 0 aromatic rings. The Morgan fingerprint density at radius 3 is 2.69 bits per heavy atom. The van der Waals surface area contributed by atoms with Crippen LogP contribution >= 0.6 is 0 Å². The fraction of sp³-hybridized carbons (Fsp3) is 1.00. The van der Waals surface area contributed by atoms with E-state index in [4.69, 9.17) is 4.74 Å². The van der Waals surface area contributed by atoms with Gasteiger partial charge in [-0.15, -0.1) is 0 Å². The molecular weight excluding hydrogens is 162 g/mol. The van der Waals surface area contributed by atoms with Crippen LogP contribution in [0.2, 0.25) is 0 Å². The Morgan fingerprint density at radius 2 is 2.08 bits per heavy atom. The predicted octanol–water partition coefficient (Wildman–Crippen LogP) is 2.09. The highest BCUT2D eigenvalue weighted by Gasteiger charge is 2.22. The van der Waals surface area contributed by atoms with Crippen molar-refractivity contribution in [3.63, 3.8) is 0 Å². The average Bonchev–Trinajstić information content (AvgIpc) is 2.84. The zero-order chi connectivity index (χ0) is 9.10. The van der Waals surface area contributed by atoms with Crippen LogP contribution in [0.5, 0.6) is 0 Å². The van der Waals surface area contributed by atoms with Gasteiger partial charge in [-0.25, -0.2) is 0 Å². The second-order valence-corrected chi connectivity index (χ2v) is 4.52. The minimum Gasteiger partial charge on any atom is -0.375 e. The maximum atomic E-state index is 5.76. The van der Waals surface area contributed by atoms with Gasteiger partial charge in [0.1, 0.15) is 0 Å². The molecule has 2 fully saturated rings. The summed E-state index contributed by atoms with van der Waals surface area (Å²) in [6, 6.07) is 0.864. The summed E-state index contributed by atoms with van der Waals surface area (Å²) in [5.41, 5.74) is 0. The molecule has 76 valence electrons. The van der Waals surface area contributed by atoms with Crippen LogP contribution in [0.3, 0.4) is 0 Å². The zero-order valence-electron chi connectivity index (χ0n) is 8.59. The van der Waals surface area contributed by atoms with E-state index in [0.717, 1.165) is 6.04 Å². The van der Waals surface area contributed by atoms with E-state index in [1.54, 1.807) is 0 Å². The van der Waals surface area contributed by atoms with Crippen LogP contribution in [-0.4, -0.2) is 24.8 Å². The molecule has 2 nitrogen and oxygen atoms in total. The molecule has 13 heavy (non-hydrogen) atoms. The fourth-order valence-corrected chi connectivity index (χ4v) is 2.02. The standard InChI is InChI=1S/C11H21NO/c1-9-4-7-11(13-9)3-2-8-12-10-5-6-10/h9-12H,2-8H2,1H3. The van der Waals surface area contributed by atoms with Gasteiger partial charge in [0, 0.05) is 6.04 Å². The molecule has 2 atom stereocenters. The Labute approximate surface area is 81.0 Å². The van der Waals surface area contributed by atoms with E-state index in [1.807, 2.05) is 0 Å². The molecule has 1 heterocycles. The predicted molar refractivity (Wildman–Crippen MR) is 53.8 cm³/mol. The average molecular weight is 183 g/mol. The lowest BCUT2D eigenvalue weighted by atomic mass is 10.1. The molecule has 0 amide bonds. The van der Waals surface area contributed by atoms with Gasteiger partial charge in [-0.3, -0.25) is 0 Å². The van der Waals surface area contributed by atoms with Crippen LogP contribution in [0, 0.1) is 0 Å². The Hall–Kier alpha value is -0.0800. The molecule has 0 radical (unpaired) electrons. The number of rotatable bonds is 5. The van der Waals surface area contributed by atoms with E-state index >= 15 is 0 Å². The number of ether oxygens (including phenoxy) is 1. The van der Waals surface area contributed by atoms with Gasteiger partial charge >= 0.3 is 0 Å². The van der Waals surface area contributed by atoms with Crippen molar-refractivity contribution < 1.29 is 4.74 Å². The number of nitrogens with one attached hydrogen (secondary N) is 1. The van der Waals surface area contributed by atoms with Gasteiger partial charge in [0.15, 0.2) is 0 Å². The Bertz CT molecular complexity index is 156. The SMILES string of the molecule is CC1CCC(CCCNC2CC2)O1. The summed E-state index contributed by atoms with van der Waals surface area (Å²) in [6.07, 6.45) is 8.97. The minimum atomic E-state index is 0.515. The van der Waals surface area contributed by atoms with Gasteiger partial charge in [0.2, 0.25) is 0 Å². The van der Waals surface area contributed by atoms with Crippen LogP contribution in [0.25, 0.3) is 0 Å². The Balaban J connectivity index is 1.47. The largest absolute Gasteiger partial charge is 0.375 e. The van der Waals surface area contributed by atoms with Crippen LogP contribution in [0.1, 0.15) is 45.4 Å². The molecule has 1 saturated carbocycles. The van der Waals surface area contributed by atoms with Gasteiger partial charge in [0.05, 0.1) is 12.2 Å². The number of hydrogen-bond donors (Lipinski definition) is 1. The van der Waals surface area contributed by atoms with E-state index in [1.165, 1.54) is 45.1 Å². The fourth-order valence-electron chi connectivity index (χ4n) is 2.02. The first-order chi connectivity index (χ1) is 6.34. The Morgan fingerprint density at radius 1 is 1.23 bits per heavy atom. The molecule has 1 saturated heterocycles. The molecule has 1 N–H and O–H groups in total. The van der Waals surface area contributed by atoms with E-state index < -0.39 is 0 Å². The second kappa shape index (κ2) is 4.43. The lowest BCUT2D eigenvalue weighted by Crippen LogP contribution is -2.19. The van der Waals surface area contributed by atoms with Crippen LogP contribution < -0.4 is 5.32 Å². The molecule has 2 heteroatoms. The quantitative estimate of drug-likeness (QED) is 0.659. The van der Waals surface area contributed by atoms with E-state index in [-0.39, 0.29) is 0 Å². The molecule has 1 aliphatic heterocycles. The van der Waals surface area contributed by atoms with E-state index in [2.05, 4.69) is 12.2 Å². The van der Waals surface area contributed by atoms with Crippen molar-refractivity contribution in [1.29, 1.82) is 0 Å². The van der Waals surface area contributed by atoms with Gasteiger partial charge in [-0.1, -0.05) is 0 Å². The summed E-state index contributed by atoms with van der Waals surface area (Å²) in [5, 5.41) is 3.54. The van der Waals surface area contributed by atoms with Crippen molar-refractivity contribution >= 4 is 0 Å². The molecule has 0 aromatic carbocycles. The van der Waals surface area contributed by atoms with Gasteiger partial charge in [-0.05, 0) is 52.0 Å². The third kappa shape index (κ3) is 3.28. The third-order valence-corrected chi connectivity index (χ3v) is 3.03. The first-order valence-electron chi connectivity index (χ1n) is 5.73. The van der Waals surface area contributed by atoms with Crippen molar-refractivity contribution in [2.45, 2.75) is 63.7 Å². The monoisotopic (exact) mass is 183 g/mol. The normalized spacial score (nSPS) is 33.9. The van der Waals surface area contributed by atoms with Crippen LogP contribution in [-0.2, 0) is 4.74 Å². The highest BCUT2D eigenvalue weighted by Crippen LogP contribution is 2.23. The summed E-state index contributed by atoms with van der Waals surface area (Å²) < 4.78 is 5.76. The molecule has 2 aliphatic rings. The maximum Gasteiger partial charge on any atom is 0.0580 e. The summed E-state index contributed by atoms with van der Waals surface area (Å²) in [7, 11) is 0. The van der Waals surface area contributed by atoms with Crippen LogP contribution in [0.15, 0.2) is 0 Å². The lowest BCUT2D eigenvalue weighted by Gasteiger charge is -2.10. The van der Waals surface area contributed by atoms with E-state index in [9.17, 15) is 0 Å². The Kier molecular flexibility index (Phi) is 3.23. The van der Waals surface area contributed by atoms with Crippen LogP contribution in [0.4, 0.5) is 0 Å².